The number of ether oxygens (including phenoxy) is 2. The predicted molar refractivity (Wildman–Crippen MR) is 92.6 cm³/mol. The van der Waals surface area contributed by atoms with Crippen LogP contribution >= 0.6 is 22.9 Å². The highest BCUT2D eigenvalue weighted by atomic mass is 35.5. The van der Waals surface area contributed by atoms with Crippen molar-refractivity contribution in [3.8, 4) is 11.8 Å². The van der Waals surface area contributed by atoms with Gasteiger partial charge in [-0.1, -0.05) is 6.07 Å². The van der Waals surface area contributed by atoms with Gasteiger partial charge in [0, 0.05) is 0 Å². The Morgan fingerprint density at radius 2 is 1.85 bits per heavy atom. The molecule has 0 fully saturated rings. The van der Waals surface area contributed by atoms with Crippen molar-refractivity contribution < 1.29 is 31.5 Å². The van der Waals surface area contributed by atoms with Gasteiger partial charge in [0.25, 0.3) is 16.0 Å². The second kappa shape index (κ2) is 8.45. The van der Waals surface area contributed by atoms with Crippen LogP contribution in [0.5, 0.6) is 11.8 Å². The van der Waals surface area contributed by atoms with Gasteiger partial charge in [0.15, 0.2) is 0 Å². The van der Waals surface area contributed by atoms with Crippen LogP contribution in [0.3, 0.4) is 0 Å². The smallest absolute Gasteiger partial charge is 0.344 e. The number of hydrogen-bond donors (Lipinski definition) is 1. The van der Waals surface area contributed by atoms with Gasteiger partial charge in [0.05, 0.1) is 20.3 Å². The lowest BCUT2D eigenvalue weighted by atomic mass is 10.6. The van der Waals surface area contributed by atoms with E-state index in [9.17, 15) is 22.0 Å². The molecule has 9 nitrogen and oxygen atoms in total. The maximum atomic E-state index is 14.1. The summed E-state index contributed by atoms with van der Waals surface area (Å²) in [6, 6.07) is 2.11. The molecule has 2 heterocycles. The van der Waals surface area contributed by atoms with Crippen molar-refractivity contribution in [2.24, 2.45) is 0 Å². The fourth-order valence-corrected chi connectivity index (χ4v) is 4.14. The Bertz CT molecular complexity index is 943. The number of nitrogens with one attached hydrogen (secondary N) is 1. The van der Waals surface area contributed by atoms with Gasteiger partial charge in [-0.15, -0.1) is 11.3 Å². The number of thiophene rings is 1. The van der Waals surface area contributed by atoms with Gasteiger partial charge >= 0.3 is 6.03 Å². The SMILES string of the molecule is COc1cc(OC)nc(NC(=O)N(C(F)=C(F)Cl)S(=O)(=O)c2cccs2)n1. The van der Waals surface area contributed by atoms with E-state index < -0.39 is 41.8 Å². The van der Waals surface area contributed by atoms with Crippen molar-refractivity contribution in [2.45, 2.75) is 4.21 Å². The molecule has 2 aromatic rings. The quantitative estimate of drug-likeness (QED) is 0.687. The first-order chi connectivity index (χ1) is 12.7. The van der Waals surface area contributed by atoms with Crippen LogP contribution in [0.25, 0.3) is 0 Å². The number of carbonyl (C=O) groups excluding carboxylic acids is 1. The summed E-state index contributed by atoms with van der Waals surface area (Å²) in [5, 5.41) is 1.27. The zero-order chi connectivity index (χ0) is 20.2. The van der Waals surface area contributed by atoms with Crippen molar-refractivity contribution in [3.63, 3.8) is 0 Å². The first-order valence-corrected chi connectivity index (χ1v) is 9.48. The number of aromatic nitrogens is 2. The van der Waals surface area contributed by atoms with Gasteiger partial charge in [-0.2, -0.15) is 31.5 Å². The summed E-state index contributed by atoms with van der Waals surface area (Å²) in [6.45, 7) is 0. The molecule has 0 atom stereocenters. The fourth-order valence-electron chi connectivity index (χ4n) is 1.70. The number of hydrogen-bond acceptors (Lipinski definition) is 8. The molecule has 0 spiro atoms. The van der Waals surface area contributed by atoms with E-state index in [1.807, 2.05) is 5.32 Å². The number of anilines is 1. The maximum absolute atomic E-state index is 14.1. The summed E-state index contributed by atoms with van der Waals surface area (Å²) in [7, 11) is -2.25. The average molecular weight is 441 g/mol. The normalized spacial score (nSPS) is 12.2. The number of sulfonamides is 1. The van der Waals surface area contributed by atoms with Gasteiger partial charge in [-0.3, -0.25) is 5.32 Å². The molecule has 2 amide bonds. The molecule has 2 aromatic heterocycles. The fraction of sp³-hybridized carbons (Fsp3) is 0.154. The van der Waals surface area contributed by atoms with E-state index in [-0.39, 0.29) is 11.8 Å². The van der Waals surface area contributed by atoms with Gasteiger partial charge in [-0.25, -0.2) is 4.79 Å². The van der Waals surface area contributed by atoms with Crippen LogP contribution in [0.15, 0.2) is 39.0 Å². The number of halogens is 3. The van der Waals surface area contributed by atoms with E-state index in [2.05, 4.69) is 9.97 Å². The summed E-state index contributed by atoms with van der Waals surface area (Å²) in [5.41, 5.74) is 0. The number of nitrogens with zero attached hydrogens (tertiary/aromatic N) is 3. The summed E-state index contributed by atoms with van der Waals surface area (Å²) >= 11 is 5.60. The Morgan fingerprint density at radius 3 is 2.30 bits per heavy atom. The molecule has 0 unspecified atom stereocenters. The van der Waals surface area contributed by atoms with Crippen molar-refractivity contribution in [3.05, 3.63) is 34.8 Å². The summed E-state index contributed by atoms with van der Waals surface area (Å²) in [4.78, 5) is 19.9. The molecule has 27 heavy (non-hydrogen) atoms. The highest BCUT2D eigenvalue weighted by molar-refractivity contribution is 7.91. The number of urea groups is 1. The zero-order valence-electron chi connectivity index (χ0n) is 13.6. The van der Waals surface area contributed by atoms with E-state index in [1.165, 1.54) is 31.7 Å². The van der Waals surface area contributed by atoms with E-state index in [4.69, 9.17) is 21.1 Å². The Kier molecular flexibility index (Phi) is 6.51. The highest BCUT2D eigenvalue weighted by Gasteiger charge is 2.36. The molecule has 0 saturated heterocycles. The molecule has 2 rings (SSSR count). The zero-order valence-corrected chi connectivity index (χ0v) is 16.0. The second-order valence-electron chi connectivity index (χ2n) is 4.46. The lowest BCUT2D eigenvalue weighted by Crippen LogP contribution is -2.38. The highest BCUT2D eigenvalue weighted by Crippen LogP contribution is 2.29. The number of methoxy groups -OCH3 is 2. The Morgan fingerprint density at radius 1 is 1.26 bits per heavy atom. The van der Waals surface area contributed by atoms with Crippen LogP contribution in [0.1, 0.15) is 0 Å². The predicted octanol–water partition coefficient (Wildman–Crippen LogP) is 3.08. The van der Waals surface area contributed by atoms with E-state index in [0.717, 1.165) is 6.07 Å². The minimum absolute atomic E-state index is 0.0376. The van der Waals surface area contributed by atoms with E-state index in [0.29, 0.717) is 11.3 Å². The Labute approximate surface area is 161 Å². The number of carbonyl (C=O) groups is 1. The molecule has 0 aliphatic rings. The maximum Gasteiger partial charge on any atom is 0.344 e. The minimum atomic E-state index is -4.79. The average Bonchev–Trinajstić information content (AvgIpc) is 3.16. The molecule has 1 N–H and O–H groups in total. The first kappa shape index (κ1) is 20.8. The van der Waals surface area contributed by atoms with Crippen molar-refractivity contribution >= 4 is 44.9 Å². The number of amides is 2. The van der Waals surface area contributed by atoms with Gasteiger partial charge in [0.1, 0.15) is 4.21 Å². The topological polar surface area (TPSA) is 111 Å². The van der Waals surface area contributed by atoms with Crippen LogP contribution in [-0.2, 0) is 10.0 Å². The molecular weight excluding hydrogens is 430 g/mol. The Balaban J connectivity index is 2.46. The monoisotopic (exact) mass is 440 g/mol. The van der Waals surface area contributed by atoms with Crippen LogP contribution in [0.2, 0.25) is 0 Å². The lowest BCUT2D eigenvalue weighted by molar-refractivity contribution is 0.234. The van der Waals surface area contributed by atoms with Crippen molar-refractivity contribution in [1.82, 2.24) is 14.3 Å². The molecular formula is C13H11ClF2N4O5S2. The van der Waals surface area contributed by atoms with E-state index in [1.54, 1.807) is 0 Å². The van der Waals surface area contributed by atoms with Gasteiger partial charge in [0.2, 0.25) is 23.0 Å². The van der Waals surface area contributed by atoms with Crippen LogP contribution in [0.4, 0.5) is 19.5 Å². The molecule has 0 radical (unpaired) electrons. The summed E-state index contributed by atoms with van der Waals surface area (Å²) < 4.78 is 61.1. The number of rotatable bonds is 6. The molecule has 0 aliphatic heterocycles. The van der Waals surface area contributed by atoms with Crippen LogP contribution in [-0.4, -0.2) is 42.9 Å². The van der Waals surface area contributed by atoms with E-state index >= 15 is 0 Å². The van der Waals surface area contributed by atoms with Crippen molar-refractivity contribution in [2.75, 3.05) is 19.5 Å². The molecule has 0 bridgehead atoms. The third-order valence-corrected chi connectivity index (χ3v) is 6.01. The third kappa shape index (κ3) is 4.61. The van der Waals surface area contributed by atoms with Crippen molar-refractivity contribution in [1.29, 1.82) is 0 Å². The summed E-state index contributed by atoms with van der Waals surface area (Å²) in [5.74, 6) is -2.68. The van der Waals surface area contributed by atoms with Crippen LogP contribution in [0, 0.1) is 0 Å². The molecule has 14 heteroatoms. The molecule has 146 valence electrons. The molecule has 0 aromatic carbocycles. The Hall–Kier alpha value is -2.51. The standard InChI is InChI=1S/C13H11ClF2N4O5S2/c1-24-7-6-8(25-2)18-12(17-7)19-13(21)20(11(16)10(14)15)27(22,23)9-4-3-5-26-9/h3-6H,1-2H3,(H,17,18,19,21). The first-order valence-electron chi connectivity index (χ1n) is 6.78. The molecule has 0 saturated carbocycles. The summed E-state index contributed by atoms with van der Waals surface area (Å²) in [6.07, 6.45) is 0. The lowest BCUT2D eigenvalue weighted by Gasteiger charge is -2.19. The third-order valence-electron chi connectivity index (χ3n) is 2.82. The van der Waals surface area contributed by atoms with Gasteiger partial charge < -0.3 is 9.47 Å². The minimum Gasteiger partial charge on any atom is -0.481 e. The van der Waals surface area contributed by atoms with Crippen LogP contribution < -0.4 is 14.8 Å². The largest absolute Gasteiger partial charge is 0.481 e. The molecule has 0 aliphatic carbocycles. The van der Waals surface area contributed by atoms with Gasteiger partial charge in [-0.05, 0) is 23.0 Å². The second-order valence-corrected chi connectivity index (χ2v) is 7.75.